The van der Waals surface area contributed by atoms with Crippen molar-refractivity contribution < 1.29 is 32.4 Å². The molecule has 0 spiro atoms. The summed E-state index contributed by atoms with van der Waals surface area (Å²) < 4.78 is 39.2. The Morgan fingerprint density at radius 1 is 0.878 bits per heavy atom. The first-order chi connectivity index (χ1) is 19.6. The molecule has 1 aliphatic rings. The Balaban J connectivity index is 1.57. The zero-order valence-corrected chi connectivity index (χ0v) is 22.1. The minimum absolute atomic E-state index is 0.0275. The average molecular weight is 581 g/mol. The van der Waals surface area contributed by atoms with Gasteiger partial charge in [0, 0.05) is 40.2 Å². The van der Waals surface area contributed by atoms with Crippen molar-refractivity contribution in [1.82, 2.24) is 14.5 Å². The van der Waals surface area contributed by atoms with Crippen LogP contribution in [0.15, 0.2) is 97.3 Å². The maximum atomic E-state index is 14.0. The Kier molecular flexibility index (Phi) is 7.61. The smallest absolute Gasteiger partial charge is 0.320 e. The van der Waals surface area contributed by atoms with Crippen LogP contribution in [-0.4, -0.2) is 40.4 Å². The molecule has 1 aliphatic heterocycles. The van der Waals surface area contributed by atoms with Gasteiger partial charge in [0.15, 0.2) is 12.2 Å². The largest absolute Gasteiger partial charge is 0.497 e. The highest BCUT2D eigenvalue weighted by Gasteiger charge is 2.55. The monoisotopic (exact) mass is 580 g/mol. The van der Waals surface area contributed by atoms with E-state index in [9.17, 15) is 27.6 Å². The molecular weight excluding hydrogens is 559 g/mol. The summed E-state index contributed by atoms with van der Waals surface area (Å²) >= 11 is 5.94. The zero-order chi connectivity index (χ0) is 29.2. The highest BCUT2D eigenvalue weighted by atomic mass is 35.5. The number of carbonyl (C=O) groups is 3. The van der Waals surface area contributed by atoms with Gasteiger partial charge in [0.2, 0.25) is 0 Å². The number of pyridine rings is 1. The molecule has 2 amide bonds. The topological polar surface area (TPSA) is 76.6 Å². The van der Waals surface area contributed by atoms with E-state index in [4.69, 9.17) is 16.4 Å². The van der Waals surface area contributed by atoms with Crippen LogP contribution < -0.4 is 4.65 Å². The van der Waals surface area contributed by atoms with Gasteiger partial charge in [-0.25, -0.2) is 9.59 Å². The Morgan fingerprint density at radius 2 is 1.51 bits per heavy atom. The molecule has 1 aromatic heterocycles. The van der Waals surface area contributed by atoms with Gasteiger partial charge in [-0.2, -0.15) is 13.2 Å². The number of benzene rings is 3. The zero-order valence-electron chi connectivity index (χ0n) is 21.3. The summed E-state index contributed by atoms with van der Waals surface area (Å²) in [5.74, 6) is -3.98. The first-order valence-electron chi connectivity index (χ1n) is 12.4. The van der Waals surface area contributed by atoms with E-state index in [1.54, 1.807) is 60.9 Å². The molecule has 0 saturated carbocycles. The number of aromatic nitrogens is 1. The van der Waals surface area contributed by atoms with Crippen LogP contribution in [0.2, 0.25) is 5.02 Å². The Hall–Kier alpha value is -4.54. The van der Waals surface area contributed by atoms with E-state index in [2.05, 4.69) is 4.98 Å². The number of hydroxylamine groups is 2. The number of alkyl halides is 3. The predicted molar refractivity (Wildman–Crippen MR) is 145 cm³/mol. The summed E-state index contributed by atoms with van der Waals surface area (Å²) in [6, 6.07) is 22.6. The molecule has 11 heteroatoms. The molecule has 0 radical (unpaired) electrons. The predicted octanol–water partition coefficient (Wildman–Crippen LogP) is 6.11. The van der Waals surface area contributed by atoms with Gasteiger partial charge in [-0.1, -0.05) is 54.1 Å². The number of halogens is 4. The van der Waals surface area contributed by atoms with Gasteiger partial charge in [-0.05, 0) is 52.2 Å². The molecule has 5 rings (SSSR count). The number of carbonyl (C=O) groups excluding carboxylic acids is 3. The van der Waals surface area contributed by atoms with Gasteiger partial charge < -0.3 is 4.90 Å². The molecule has 0 aliphatic carbocycles. The fraction of sp³-hybridized carbons (Fsp3) is 0.133. The fourth-order valence-electron chi connectivity index (χ4n) is 4.69. The van der Waals surface area contributed by atoms with Crippen LogP contribution in [0.1, 0.15) is 21.5 Å². The van der Waals surface area contributed by atoms with E-state index in [1.807, 2.05) is 0 Å². The SMILES string of the molecule is O=C(c1ccc(Cl)cc1)N1CC(=O)[N+](Cc2ccc(-c3ccncc3)cc2)(OC(=O)C(F)(F)F)c2ccccc2C1. The van der Waals surface area contributed by atoms with Crippen molar-refractivity contribution in [3.05, 3.63) is 119 Å². The molecule has 0 fully saturated rings. The van der Waals surface area contributed by atoms with Crippen LogP contribution in [0.25, 0.3) is 11.1 Å². The summed E-state index contributed by atoms with van der Waals surface area (Å²) in [7, 11) is 0. The number of hydrogen-bond acceptors (Lipinski definition) is 5. The number of amides is 2. The fourth-order valence-corrected chi connectivity index (χ4v) is 4.82. The van der Waals surface area contributed by atoms with Crippen LogP contribution >= 0.6 is 11.6 Å². The second-order valence-electron chi connectivity index (χ2n) is 9.40. The molecule has 0 saturated heterocycles. The van der Waals surface area contributed by atoms with Gasteiger partial charge in [0.25, 0.3) is 5.91 Å². The van der Waals surface area contributed by atoms with Crippen molar-refractivity contribution in [1.29, 1.82) is 0 Å². The van der Waals surface area contributed by atoms with Crippen LogP contribution in [0.4, 0.5) is 18.9 Å². The van der Waals surface area contributed by atoms with E-state index in [0.29, 0.717) is 16.1 Å². The lowest BCUT2D eigenvalue weighted by molar-refractivity contribution is -0.235. The summed E-state index contributed by atoms with van der Waals surface area (Å²) in [6.07, 6.45) is -2.11. The molecule has 4 aromatic rings. The minimum atomic E-state index is -5.36. The molecule has 208 valence electrons. The second kappa shape index (κ2) is 11.1. The number of fused-ring (bicyclic) bond motifs is 1. The van der Waals surface area contributed by atoms with E-state index in [0.717, 1.165) is 11.1 Å². The molecule has 1 unspecified atom stereocenters. The first kappa shape index (κ1) is 28.0. The lowest BCUT2D eigenvalue weighted by atomic mass is 10.0. The molecular formula is C30H22ClF3N3O4+. The minimum Gasteiger partial charge on any atom is -0.320 e. The van der Waals surface area contributed by atoms with Crippen molar-refractivity contribution in [3.63, 3.8) is 0 Å². The highest BCUT2D eigenvalue weighted by molar-refractivity contribution is 6.30. The molecule has 1 atom stereocenters. The number of nitrogens with zero attached hydrogens (tertiary/aromatic N) is 3. The van der Waals surface area contributed by atoms with Crippen molar-refractivity contribution in [2.24, 2.45) is 0 Å². The van der Waals surface area contributed by atoms with Crippen molar-refractivity contribution in [2.45, 2.75) is 19.3 Å². The summed E-state index contributed by atoms with van der Waals surface area (Å²) in [5, 5.41) is 0.406. The third-order valence-corrected chi connectivity index (χ3v) is 6.94. The van der Waals surface area contributed by atoms with Gasteiger partial charge in [-0.3, -0.25) is 14.6 Å². The van der Waals surface area contributed by atoms with Crippen LogP contribution in [-0.2, 0) is 27.5 Å². The quantitative estimate of drug-likeness (QED) is 0.266. The maximum Gasteiger partial charge on any atom is 0.497 e. The van der Waals surface area contributed by atoms with Crippen LogP contribution in [0.5, 0.6) is 0 Å². The number of rotatable bonds is 5. The van der Waals surface area contributed by atoms with Crippen molar-refractivity contribution in [2.75, 3.05) is 6.54 Å². The lowest BCUT2D eigenvalue weighted by Gasteiger charge is -2.31. The Labute approximate surface area is 237 Å². The molecule has 7 nitrogen and oxygen atoms in total. The Morgan fingerprint density at radius 3 is 2.17 bits per heavy atom. The number of quaternary nitrogens is 1. The summed E-state index contributed by atoms with van der Waals surface area (Å²) in [6.45, 7) is -1.15. The van der Waals surface area contributed by atoms with Gasteiger partial charge in [0.1, 0.15) is 6.54 Å². The van der Waals surface area contributed by atoms with E-state index in [1.165, 1.54) is 41.3 Å². The lowest BCUT2D eigenvalue weighted by Crippen LogP contribution is -2.58. The standard InChI is InChI=1S/C30H22ClF3N3O4/c31-25-11-9-23(10-12-25)28(39)36-17-24-3-1-2-4-26(24)37(27(38)18-36,41-29(40)30(32,33)34)19-20-5-7-21(8-6-20)22-13-15-35-16-14-22/h1-16H,17-19H2/q+1. The van der Waals surface area contributed by atoms with Gasteiger partial charge >= 0.3 is 18.1 Å². The average Bonchev–Trinajstić information content (AvgIpc) is 3.08. The van der Waals surface area contributed by atoms with Crippen LogP contribution in [0, 0.1) is 0 Å². The van der Waals surface area contributed by atoms with E-state index in [-0.39, 0.29) is 17.8 Å². The van der Waals surface area contributed by atoms with Crippen LogP contribution in [0.3, 0.4) is 0 Å². The normalized spacial score (nSPS) is 17.0. The van der Waals surface area contributed by atoms with Gasteiger partial charge in [0.05, 0.1) is 6.54 Å². The van der Waals surface area contributed by atoms with Crippen molar-refractivity contribution >= 4 is 35.1 Å². The molecule has 0 bridgehead atoms. The summed E-state index contributed by atoms with van der Waals surface area (Å²) in [4.78, 5) is 49.9. The third-order valence-electron chi connectivity index (χ3n) is 6.69. The molecule has 2 heterocycles. The molecule has 3 aromatic carbocycles. The van der Waals surface area contributed by atoms with E-state index < -0.39 is 41.7 Å². The maximum absolute atomic E-state index is 14.0. The first-order valence-corrected chi connectivity index (χ1v) is 12.8. The highest BCUT2D eigenvalue weighted by Crippen LogP contribution is 2.37. The van der Waals surface area contributed by atoms with E-state index >= 15 is 0 Å². The molecule has 41 heavy (non-hydrogen) atoms. The van der Waals surface area contributed by atoms with Gasteiger partial charge in [-0.15, -0.1) is 0 Å². The second-order valence-corrected chi connectivity index (χ2v) is 9.83. The van der Waals surface area contributed by atoms with Crippen molar-refractivity contribution in [3.8, 4) is 11.1 Å². The molecule has 0 N–H and O–H groups in total. The number of hydrogen-bond donors (Lipinski definition) is 0. The third kappa shape index (κ3) is 5.84. The summed E-state index contributed by atoms with van der Waals surface area (Å²) in [5.41, 5.74) is 2.73. The Bertz CT molecular complexity index is 1600. The number of para-hydroxylation sites is 1.